The van der Waals surface area contributed by atoms with Gasteiger partial charge in [-0.05, 0) is 63.4 Å². The fourth-order valence-electron chi connectivity index (χ4n) is 3.90. The van der Waals surface area contributed by atoms with E-state index in [0.29, 0.717) is 17.9 Å². The number of amides is 1. The first-order chi connectivity index (χ1) is 13.3. The van der Waals surface area contributed by atoms with Crippen LogP contribution in [0.15, 0.2) is 42.5 Å². The van der Waals surface area contributed by atoms with Crippen LogP contribution in [0.2, 0.25) is 0 Å². The number of carbonyl (C=O) groups is 1. The number of rotatable bonds is 5. The summed E-state index contributed by atoms with van der Waals surface area (Å²) in [6.45, 7) is 10.5. The first-order valence-corrected chi connectivity index (χ1v) is 9.53. The minimum Gasteiger partial charge on any atom is -0.384 e. The predicted octanol–water partition coefficient (Wildman–Crippen LogP) is 4.24. The Morgan fingerprint density at radius 1 is 1.14 bits per heavy atom. The van der Waals surface area contributed by atoms with Crippen molar-refractivity contribution < 1.29 is 4.79 Å². The maximum atomic E-state index is 12.9. The number of nitrogen functional groups attached to an aromatic ring is 1. The highest BCUT2D eigenvalue weighted by molar-refractivity contribution is 5.95. The number of nitrogens with two attached hydrogens (primary N) is 1. The molecular weight excluding hydrogens is 348 g/mol. The van der Waals surface area contributed by atoms with Crippen molar-refractivity contribution in [3.63, 3.8) is 0 Å². The number of hydrogen-bond donors (Lipinski definition) is 2. The second kappa shape index (κ2) is 7.89. The molecule has 0 aliphatic carbocycles. The first kappa shape index (κ1) is 19.7. The van der Waals surface area contributed by atoms with Gasteiger partial charge in [0.05, 0.1) is 11.6 Å². The van der Waals surface area contributed by atoms with E-state index in [4.69, 9.17) is 5.73 Å². The Bertz CT molecular complexity index is 982. The highest BCUT2D eigenvalue weighted by atomic mass is 16.1. The van der Waals surface area contributed by atoms with Crippen LogP contribution in [0.5, 0.6) is 0 Å². The molecule has 2 heterocycles. The summed E-state index contributed by atoms with van der Waals surface area (Å²) >= 11 is 0. The van der Waals surface area contributed by atoms with Crippen LogP contribution < -0.4 is 11.1 Å². The third-order valence-electron chi connectivity index (χ3n) is 5.40. The van der Waals surface area contributed by atoms with Crippen molar-refractivity contribution >= 4 is 11.7 Å². The molecule has 3 aromatic rings. The lowest BCUT2D eigenvalue weighted by molar-refractivity contribution is 0.0950. The van der Waals surface area contributed by atoms with E-state index in [9.17, 15) is 4.79 Å². The van der Waals surface area contributed by atoms with Gasteiger partial charge in [0.25, 0.3) is 5.91 Å². The summed E-state index contributed by atoms with van der Waals surface area (Å²) in [5.41, 5.74) is 12.6. The summed E-state index contributed by atoms with van der Waals surface area (Å²) < 4.78 is 2.21. The van der Waals surface area contributed by atoms with Gasteiger partial charge < -0.3 is 15.6 Å². The van der Waals surface area contributed by atoms with Gasteiger partial charge in [-0.15, -0.1) is 0 Å². The number of nitrogens with zero attached hydrogens (tertiary/aromatic N) is 2. The lowest BCUT2D eigenvalue weighted by Crippen LogP contribution is -2.24. The highest BCUT2D eigenvalue weighted by Gasteiger charge is 2.20. The van der Waals surface area contributed by atoms with E-state index in [1.54, 1.807) is 0 Å². The van der Waals surface area contributed by atoms with Gasteiger partial charge in [0.2, 0.25) is 0 Å². The van der Waals surface area contributed by atoms with Crippen LogP contribution in [0.1, 0.15) is 57.1 Å². The molecule has 5 heteroatoms. The Labute approximate surface area is 166 Å². The molecule has 0 saturated carbocycles. The molecule has 0 bridgehead atoms. The monoisotopic (exact) mass is 376 g/mol. The van der Waals surface area contributed by atoms with Gasteiger partial charge in [-0.25, -0.2) is 4.98 Å². The van der Waals surface area contributed by atoms with E-state index in [1.165, 1.54) is 5.56 Å². The Balaban J connectivity index is 1.82. The molecule has 1 aromatic carbocycles. The van der Waals surface area contributed by atoms with Crippen molar-refractivity contribution in [2.75, 3.05) is 5.73 Å². The molecule has 0 radical (unpaired) electrons. The van der Waals surface area contributed by atoms with Gasteiger partial charge in [-0.1, -0.05) is 30.3 Å². The van der Waals surface area contributed by atoms with Crippen LogP contribution in [0.3, 0.4) is 0 Å². The predicted molar refractivity (Wildman–Crippen MR) is 113 cm³/mol. The third-order valence-corrected chi connectivity index (χ3v) is 5.40. The van der Waals surface area contributed by atoms with Crippen molar-refractivity contribution in [2.24, 2.45) is 0 Å². The van der Waals surface area contributed by atoms with Crippen molar-refractivity contribution in [2.45, 2.75) is 47.2 Å². The van der Waals surface area contributed by atoms with Crippen molar-refractivity contribution in [3.8, 4) is 0 Å². The van der Waals surface area contributed by atoms with E-state index in [2.05, 4.69) is 33.9 Å². The summed E-state index contributed by atoms with van der Waals surface area (Å²) in [6.07, 6.45) is 0. The molecule has 3 rings (SSSR count). The fourth-order valence-corrected chi connectivity index (χ4v) is 3.90. The summed E-state index contributed by atoms with van der Waals surface area (Å²) in [5.74, 6) is 0.429. The number of aromatic nitrogens is 2. The summed E-state index contributed by atoms with van der Waals surface area (Å²) in [6, 6.07) is 14.3. The molecule has 0 aliphatic heterocycles. The molecule has 5 nitrogen and oxygen atoms in total. The smallest absolute Gasteiger partial charge is 0.253 e. The Kier molecular flexibility index (Phi) is 5.54. The van der Waals surface area contributed by atoms with E-state index in [1.807, 2.05) is 58.0 Å². The quantitative estimate of drug-likeness (QED) is 0.699. The molecule has 1 unspecified atom stereocenters. The Hall–Kier alpha value is -3.08. The van der Waals surface area contributed by atoms with E-state index in [0.717, 1.165) is 28.2 Å². The zero-order valence-electron chi connectivity index (χ0n) is 17.2. The van der Waals surface area contributed by atoms with Gasteiger partial charge in [0.1, 0.15) is 5.82 Å². The van der Waals surface area contributed by atoms with Gasteiger partial charge in [0.15, 0.2) is 0 Å². The number of hydrogen-bond acceptors (Lipinski definition) is 3. The second-order valence-electron chi connectivity index (χ2n) is 7.35. The van der Waals surface area contributed by atoms with Gasteiger partial charge >= 0.3 is 0 Å². The molecule has 2 aromatic heterocycles. The van der Waals surface area contributed by atoms with Crippen LogP contribution >= 0.6 is 0 Å². The number of anilines is 1. The average Bonchev–Trinajstić information content (AvgIpc) is 2.95. The van der Waals surface area contributed by atoms with E-state index in [-0.39, 0.29) is 11.9 Å². The average molecular weight is 377 g/mol. The van der Waals surface area contributed by atoms with Gasteiger partial charge in [0, 0.05) is 23.6 Å². The number of pyridine rings is 1. The maximum Gasteiger partial charge on any atom is 0.253 e. The zero-order valence-corrected chi connectivity index (χ0v) is 17.2. The van der Waals surface area contributed by atoms with Crippen molar-refractivity contribution in [1.82, 2.24) is 14.9 Å². The largest absolute Gasteiger partial charge is 0.384 e. The lowest BCUT2D eigenvalue weighted by Gasteiger charge is -2.19. The molecule has 146 valence electrons. The molecule has 0 saturated heterocycles. The Morgan fingerprint density at radius 3 is 2.46 bits per heavy atom. The van der Waals surface area contributed by atoms with Crippen LogP contribution in [0, 0.1) is 27.7 Å². The van der Waals surface area contributed by atoms with Gasteiger partial charge in [-0.2, -0.15) is 0 Å². The highest BCUT2D eigenvalue weighted by Crippen LogP contribution is 2.25. The minimum atomic E-state index is -0.0739. The fraction of sp³-hybridized carbons (Fsp3) is 0.304. The SMILES string of the molecule is Cc1cc(N)nc(C)c1CNC(=O)c1cc(C)n(C(C)c2ccccc2)c1C. The first-order valence-electron chi connectivity index (χ1n) is 9.53. The summed E-state index contributed by atoms with van der Waals surface area (Å²) in [5, 5.41) is 3.04. The molecule has 1 atom stereocenters. The van der Waals surface area contributed by atoms with E-state index < -0.39 is 0 Å². The van der Waals surface area contributed by atoms with E-state index >= 15 is 0 Å². The summed E-state index contributed by atoms with van der Waals surface area (Å²) in [7, 11) is 0. The number of carbonyl (C=O) groups excluding carboxylic acids is 1. The molecule has 0 fully saturated rings. The third kappa shape index (κ3) is 3.79. The molecule has 1 amide bonds. The van der Waals surface area contributed by atoms with Crippen molar-refractivity contribution in [1.29, 1.82) is 0 Å². The topological polar surface area (TPSA) is 72.9 Å². The van der Waals surface area contributed by atoms with Crippen LogP contribution in [-0.4, -0.2) is 15.5 Å². The minimum absolute atomic E-state index is 0.0739. The normalized spacial score (nSPS) is 12.0. The lowest BCUT2D eigenvalue weighted by atomic mass is 10.1. The second-order valence-corrected chi connectivity index (χ2v) is 7.35. The standard InChI is InChI=1S/C23H28N4O/c1-14-11-22(24)26-16(3)21(14)13-25-23(28)20-12-15(2)27(18(20)5)17(4)19-9-7-6-8-10-19/h6-12,17H,13H2,1-5H3,(H2,24,26)(H,25,28). The summed E-state index contributed by atoms with van der Waals surface area (Å²) in [4.78, 5) is 17.2. The molecule has 0 spiro atoms. The molecule has 3 N–H and O–H groups in total. The maximum absolute atomic E-state index is 12.9. The molecule has 0 aliphatic rings. The van der Waals surface area contributed by atoms with Crippen molar-refractivity contribution in [3.05, 3.63) is 81.8 Å². The van der Waals surface area contributed by atoms with Crippen LogP contribution in [0.25, 0.3) is 0 Å². The molecular formula is C23H28N4O. The Morgan fingerprint density at radius 2 is 1.82 bits per heavy atom. The number of aryl methyl sites for hydroxylation is 3. The molecule has 28 heavy (non-hydrogen) atoms. The number of benzene rings is 1. The zero-order chi connectivity index (χ0) is 20.4. The van der Waals surface area contributed by atoms with Gasteiger partial charge in [-0.3, -0.25) is 4.79 Å². The van der Waals surface area contributed by atoms with Crippen LogP contribution in [0.4, 0.5) is 5.82 Å². The number of nitrogens with one attached hydrogen (secondary N) is 1. The van der Waals surface area contributed by atoms with Crippen LogP contribution in [-0.2, 0) is 6.54 Å².